The first-order chi connectivity index (χ1) is 10.1. The summed E-state index contributed by atoms with van der Waals surface area (Å²) in [6.45, 7) is 5.17. The van der Waals surface area contributed by atoms with Crippen LogP contribution in [0.4, 0.5) is 0 Å². The molecule has 6 unspecified atom stereocenters. The molecule has 0 amide bonds. The molecule has 4 aliphatic carbocycles. The first-order valence-corrected chi connectivity index (χ1v) is 10.1. The average molecular weight is 289 g/mol. The Morgan fingerprint density at radius 3 is 2.19 bits per heavy atom. The van der Waals surface area contributed by atoms with Gasteiger partial charge in [-0.15, -0.1) is 0 Å². The third-order valence-corrected chi connectivity index (χ3v) is 8.37. The second-order valence-electron chi connectivity index (χ2n) is 9.78. The molecular weight excluding hydrogens is 252 g/mol. The summed E-state index contributed by atoms with van der Waals surface area (Å²) in [6, 6.07) is 0. The van der Waals surface area contributed by atoms with Crippen molar-refractivity contribution < 1.29 is 0 Å². The minimum atomic E-state index is 0.639. The number of rotatable bonds is 1. The number of fused-ring (bicyclic) bond motifs is 3. The fraction of sp³-hybridized carbons (Fsp3) is 1.00. The Labute approximate surface area is 132 Å². The first kappa shape index (κ1) is 14.6. The predicted octanol–water partition coefficient (Wildman–Crippen LogP) is 6.45. The van der Waals surface area contributed by atoms with Crippen LogP contribution in [0.1, 0.15) is 90.9 Å². The van der Waals surface area contributed by atoms with E-state index in [1.165, 1.54) is 19.3 Å². The number of hydrogen-bond acceptors (Lipinski definition) is 0. The van der Waals surface area contributed by atoms with Gasteiger partial charge in [-0.1, -0.05) is 46.0 Å². The van der Waals surface area contributed by atoms with E-state index in [2.05, 4.69) is 13.8 Å². The highest BCUT2D eigenvalue weighted by Crippen LogP contribution is 2.58. The molecule has 0 nitrogen and oxygen atoms in total. The van der Waals surface area contributed by atoms with Gasteiger partial charge >= 0.3 is 0 Å². The molecule has 4 aliphatic rings. The van der Waals surface area contributed by atoms with E-state index < -0.39 is 0 Å². The van der Waals surface area contributed by atoms with Gasteiger partial charge in [0.05, 0.1) is 0 Å². The van der Waals surface area contributed by atoms with Crippen LogP contribution >= 0.6 is 0 Å². The molecule has 0 heterocycles. The van der Waals surface area contributed by atoms with Gasteiger partial charge < -0.3 is 0 Å². The third-order valence-electron chi connectivity index (χ3n) is 8.37. The van der Waals surface area contributed by atoms with Crippen LogP contribution in [0.5, 0.6) is 0 Å². The van der Waals surface area contributed by atoms with Crippen LogP contribution in [-0.4, -0.2) is 0 Å². The van der Waals surface area contributed by atoms with Gasteiger partial charge in [-0.05, 0) is 85.9 Å². The van der Waals surface area contributed by atoms with Gasteiger partial charge in [0, 0.05) is 0 Å². The van der Waals surface area contributed by atoms with E-state index >= 15 is 0 Å². The summed E-state index contributed by atoms with van der Waals surface area (Å²) in [5.41, 5.74) is 0.639. The smallest absolute Gasteiger partial charge is 0.0323 e. The van der Waals surface area contributed by atoms with E-state index in [-0.39, 0.29) is 0 Å². The van der Waals surface area contributed by atoms with Crippen molar-refractivity contribution in [3.05, 3.63) is 0 Å². The topological polar surface area (TPSA) is 0 Å². The molecule has 0 aromatic heterocycles. The summed E-state index contributed by atoms with van der Waals surface area (Å²) in [5, 5.41) is 0. The maximum absolute atomic E-state index is 2.58. The molecule has 0 aromatic carbocycles. The molecule has 0 heteroatoms. The van der Waals surface area contributed by atoms with Crippen molar-refractivity contribution in [2.45, 2.75) is 90.9 Å². The van der Waals surface area contributed by atoms with Crippen molar-refractivity contribution in [2.24, 2.45) is 40.9 Å². The van der Waals surface area contributed by atoms with Crippen LogP contribution in [0.25, 0.3) is 0 Å². The minimum Gasteiger partial charge on any atom is -0.0596 e. The van der Waals surface area contributed by atoms with E-state index in [1.54, 1.807) is 57.8 Å². The van der Waals surface area contributed by atoms with Gasteiger partial charge in [0.2, 0.25) is 0 Å². The highest BCUT2D eigenvalue weighted by atomic mass is 14.5. The largest absolute Gasteiger partial charge is 0.0596 e. The molecule has 4 fully saturated rings. The molecule has 0 radical (unpaired) electrons. The fourth-order valence-electron chi connectivity index (χ4n) is 7.36. The van der Waals surface area contributed by atoms with Crippen LogP contribution in [0, 0.1) is 40.9 Å². The van der Waals surface area contributed by atoms with Crippen molar-refractivity contribution >= 4 is 0 Å². The first-order valence-electron chi connectivity index (χ1n) is 10.1. The normalized spacial score (nSPS) is 49.4. The van der Waals surface area contributed by atoms with Crippen LogP contribution in [0.2, 0.25) is 0 Å². The summed E-state index contributed by atoms with van der Waals surface area (Å²) in [4.78, 5) is 0. The van der Waals surface area contributed by atoms with Crippen molar-refractivity contribution in [1.29, 1.82) is 0 Å². The highest BCUT2D eigenvalue weighted by molar-refractivity contribution is 4.98. The Balaban J connectivity index is 1.47. The maximum Gasteiger partial charge on any atom is -0.0323 e. The standard InChI is InChI=1S/C21H36/c1-21(2)12-6-5-9-20(21)17-11-10-16-13-15-7-3-4-8-18(15)19(16)14-17/h15-20H,3-14H2,1-2H3. The lowest BCUT2D eigenvalue weighted by Gasteiger charge is -2.47. The molecule has 0 saturated heterocycles. The van der Waals surface area contributed by atoms with Gasteiger partial charge in [0.25, 0.3) is 0 Å². The van der Waals surface area contributed by atoms with E-state index in [1.807, 2.05) is 0 Å². The van der Waals surface area contributed by atoms with Gasteiger partial charge in [0.1, 0.15) is 0 Å². The molecule has 6 atom stereocenters. The Hall–Kier alpha value is 0. The van der Waals surface area contributed by atoms with Gasteiger partial charge in [-0.2, -0.15) is 0 Å². The zero-order chi connectivity index (χ0) is 14.4. The number of hydrogen-bond donors (Lipinski definition) is 0. The molecule has 0 aromatic rings. The van der Waals surface area contributed by atoms with E-state index in [0.29, 0.717) is 5.41 Å². The average Bonchev–Trinajstić information content (AvgIpc) is 2.84. The molecule has 0 bridgehead atoms. The molecule has 21 heavy (non-hydrogen) atoms. The van der Waals surface area contributed by atoms with Crippen molar-refractivity contribution in [3.63, 3.8) is 0 Å². The highest BCUT2D eigenvalue weighted by Gasteiger charge is 2.48. The van der Waals surface area contributed by atoms with Crippen LogP contribution in [0.15, 0.2) is 0 Å². The zero-order valence-corrected chi connectivity index (χ0v) is 14.4. The molecule has 0 N–H and O–H groups in total. The summed E-state index contributed by atoms with van der Waals surface area (Å²) in [7, 11) is 0. The lowest BCUT2D eigenvalue weighted by molar-refractivity contribution is 0.0284. The summed E-state index contributed by atoms with van der Waals surface area (Å²) in [6.07, 6.45) is 18.7. The summed E-state index contributed by atoms with van der Waals surface area (Å²) in [5.74, 6) is 6.72. The monoisotopic (exact) mass is 288 g/mol. The van der Waals surface area contributed by atoms with Gasteiger partial charge in [-0.3, -0.25) is 0 Å². The van der Waals surface area contributed by atoms with Crippen LogP contribution < -0.4 is 0 Å². The molecule has 0 aliphatic heterocycles. The van der Waals surface area contributed by atoms with Crippen LogP contribution in [-0.2, 0) is 0 Å². The summed E-state index contributed by atoms with van der Waals surface area (Å²) >= 11 is 0. The Morgan fingerprint density at radius 1 is 0.619 bits per heavy atom. The fourth-order valence-corrected chi connectivity index (χ4v) is 7.36. The third kappa shape index (κ3) is 2.59. The van der Waals surface area contributed by atoms with Crippen molar-refractivity contribution in [1.82, 2.24) is 0 Å². The lowest BCUT2D eigenvalue weighted by atomic mass is 9.58. The molecule has 120 valence electrons. The Bertz CT molecular complexity index is 368. The van der Waals surface area contributed by atoms with E-state index in [9.17, 15) is 0 Å². The minimum absolute atomic E-state index is 0.639. The SMILES string of the molecule is CC1(C)CCCCC1C1CCC2CC3CCCCC3C2C1. The lowest BCUT2D eigenvalue weighted by Crippen LogP contribution is -2.38. The Kier molecular flexibility index (Phi) is 3.87. The predicted molar refractivity (Wildman–Crippen MR) is 90.1 cm³/mol. The molecule has 0 spiro atoms. The van der Waals surface area contributed by atoms with E-state index in [4.69, 9.17) is 0 Å². The van der Waals surface area contributed by atoms with Crippen molar-refractivity contribution in [3.8, 4) is 0 Å². The second kappa shape index (κ2) is 5.57. The summed E-state index contributed by atoms with van der Waals surface area (Å²) < 4.78 is 0. The van der Waals surface area contributed by atoms with E-state index in [0.717, 1.165) is 35.5 Å². The molecular formula is C21H36. The maximum atomic E-state index is 2.58. The van der Waals surface area contributed by atoms with Crippen LogP contribution in [0.3, 0.4) is 0 Å². The zero-order valence-electron chi connectivity index (χ0n) is 14.4. The molecule has 4 rings (SSSR count). The van der Waals surface area contributed by atoms with Gasteiger partial charge in [0.15, 0.2) is 0 Å². The molecule has 4 saturated carbocycles. The second-order valence-corrected chi connectivity index (χ2v) is 9.78. The Morgan fingerprint density at radius 2 is 1.33 bits per heavy atom. The quantitative estimate of drug-likeness (QED) is 0.520. The van der Waals surface area contributed by atoms with Gasteiger partial charge in [-0.25, -0.2) is 0 Å². The van der Waals surface area contributed by atoms with Crippen molar-refractivity contribution in [2.75, 3.05) is 0 Å².